The Morgan fingerprint density at radius 2 is 1.90 bits per heavy atom. The van der Waals surface area contributed by atoms with Gasteiger partial charge in [-0.15, -0.1) is 0 Å². The van der Waals surface area contributed by atoms with Crippen LogP contribution in [0.5, 0.6) is 0 Å². The third kappa shape index (κ3) is 6.70. The Labute approximate surface area is 122 Å². The first-order valence-electron chi connectivity index (χ1n) is 7.53. The van der Waals surface area contributed by atoms with Gasteiger partial charge in [0.15, 0.2) is 0 Å². The van der Waals surface area contributed by atoms with Crippen molar-refractivity contribution in [1.29, 1.82) is 0 Å². The Morgan fingerprint density at radius 3 is 2.45 bits per heavy atom. The summed E-state index contributed by atoms with van der Waals surface area (Å²) < 4.78 is 31.1. The second-order valence-electron chi connectivity index (χ2n) is 5.62. The largest absolute Gasteiger partial charge is 0.469 e. The molecule has 1 fully saturated rings. The van der Waals surface area contributed by atoms with Crippen molar-refractivity contribution in [3.63, 3.8) is 0 Å². The Balaban J connectivity index is 2.27. The number of hydrogen-bond donors (Lipinski definition) is 1. The van der Waals surface area contributed by atoms with Gasteiger partial charge in [-0.05, 0) is 38.0 Å². The molecule has 1 rings (SSSR count). The smallest absolute Gasteiger partial charge is 0.305 e. The molecule has 0 aromatic rings. The zero-order valence-corrected chi connectivity index (χ0v) is 13.4. The third-order valence-electron chi connectivity index (χ3n) is 3.91. The van der Waals surface area contributed by atoms with Crippen LogP contribution in [0.4, 0.5) is 0 Å². The van der Waals surface area contributed by atoms with Crippen LogP contribution in [-0.2, 0) is 19.6 Å². The molecule has 0 heterocycles. The van der Waals surface area contributed by atoms with Gasteiger partial charge in [0.1, 0.15) is 0 Å². The molecular weight excluding hydrogens is 278 g/mol. The Morgan fingerprint density at radius 1 is 1.25 bits per heavy atom. The number of hydrogen-bond acceptors (Lipinski definition) is 4. The summed E-state index contributed by atoms with van der Waals surface area (Å²) in [5.74, 6) is 0.400. The lowest BCUT2D eigenvalue weighted by molar-refractivity contribution is -0.140. The zero-order chi connectivity index (χ0) is 15.0. The minimum atomic E-state index is -3.27. The van der Waals surface area contributed by atoms with E-state index in [0.717, 1.165) is 31.6 Å². The van der Waals surface area contributed by atoms with Gasteiger partial charge in [0.25, 0.3) is 0 Å². The molecule has 0 aromatic heterocycles. The van der Waals surface area contributed by atoms with E-state index in [0.29, 0.717) is 6.42 Å². The van der Waals surface area contributed by atoms with E-state index >= 15 is 0 Å². The second kappa shape index (κ2) is 8.62. The van der Waals surface area contributed by atoms with E-state index in [-0.39, 0.29) is 24.2 Å². The van der Waals surface area contributed by atoms with Crippen LogP contribution in [0, 0.1) is 5.92 Å². The SMILES string of the molecule is CCCC1CCC(NS(=O)(=O)CCCC(=O)OC)CC1. The summed E-state index contributed by atoms with van der Waals surface area (Å²) in [5, 5.41) is 0. The van der Waals surface area contributed by atoms with Crippen molar-refractivity contribution in [2.45, 2.75) is 64.3 Å². The van der Waals surface area contributed by atoms with E-state index in [1.807, 2.05) is 0 Å². The minimum Gasteiger partial charge on any atom is -0.469 e. The molecule has 0 spiro atoms. The van der Waals surface area contributed by atoms with Gasteiger partial charge in [-0.25, -0.2) is 13.1 Å². The van der Waals surface area contributed by atoms with E-state index in [2.05, 4.69) is 16.4 Å². The molecule has 5 nitrogen and oxygen atoms in total. The maximum Gasteiger partial charge on any atom is 0.305 e. The molecule has 0 bridgehead atoms. The van der Waals surface area contributed by atoms with Crippen molar-refractivity contribution in [2.75, 3.05) is 12.9 Å². The monoisotopic (exact) mass is 305 g/mol. The number of carbonyl (C=O) groups excluding carboxylic acids is 1. The average Bonchev–Trinajstić information content (AvgIpc) is 2.40. The van der Waals surface area contributed by atoms with E-state index in [1.165, 1.54) is 20.0 Å². The van der Waals surface area contributed by atoms with E-state index < -0.39 is 10.0 Å². The van der Waals surface area contributed by atoms with Crippen molar-refractivity contribution < 1.29 is 17.9 Å². The van der Waals surface area contributed by atoms with E-state index in [9.17, 15) is 13.2 Å². The number of nitrogens with one attached hydrogen (secondary N) is 1. The van der Waals surface area contributed by atoms with Gasteiger partial charge in [-0.3, -0.25) is 4.79 Å². The third-order valence-corrected chi connectivity index (χ3v) is 5.43. The van der Waals surface area contributed by atoms with Crippen LogP contribution < -0.4 is 4.72 Å². The first kappa shape index (κ1) is 17.4. The van der Waals surface area contributed by atoms with Crippen LogP contribution in [0.2, 0.25) is 0 Å². The zero-order valence-electron chi connectivity index (χ0n) is 12.6. The highest BCUT2D eigenvalue weighted by molar-refractivity contribution is 7.89. The molecule has 0 amide bonds. The molecule has 0 unspecified atom stereocenters. The lowest BCUT2D eigenvalue weighted by atomic mass is 9.84. The molecule has 1 saturated carbocycles. The fraction of sp³-hybridized carbons (Fsp3) is 0.929. The lowest BCUT2D eigenvalue weighted by Crippen LogP contribution is -2.38. The van der Waals surface area contributed by atoms with Crippen LogP contribution in [0.15, 0.2) is 0 Å². The first-order chi connectivity index (χ1) is 9.46. The van der Waals surface area contributed by atoms with Crippen LogP contribution in [0.3, 0.4) is 0 Å². The summed E-state index contributed by atoms with van der Waals surface area (Å²) >= 11 is 0. The highest BCUT2D eigenvalue weighted by Gasteiger charge is 2.24. The van der Waals surface area contributed by atoms with Crippen LogP contribution in [0.25, 0.3) is 0 Å². The number of ether oxygens (including phenoxy) is 1. The van der Waals surface area contributed by atoms with Gasteiger partial charge in [0, 0.05) is 12.5 Å². The Hall–Kier alpha value is -0.620. The fourth-order valence-electron chi connectivity index (χ4n) is 2.80. The van der Waals surface area contributed by atoms with Gasteiger partial charge in [-0.1, -0.05) is 19.8 Å². The second-order valence-corrected chi connectivity index (χ2v) is 7.50. The van der Waals surface area contributed by atoms with Crippen LogP contribution in [-0.4, -0.2) is 33.3 Å². The van der Waals surface area contributed by atoms with Crippen LogP contribution >= 0.6 is 0 Å². The number of methoxy groups -OCH3 is 1. The summed E-state index contributed by atoms with van der Waals surface area (Å²) in [6.45, 7) is 2.19. The molecule has 20 heavy (non-hydrogen) atoms. The molecule has 1 aliphatic rings. The highest BCUT2D eigenvalue weighted by Crippen LogP contribution is 2.28. The van der Waals surface area contributed by atoms with Crippen molar-refractivity contribution >= 4 is 16.0 Å². The number of rotatable bonds is 8. The van der Waals surface area contributed by atoms with Gasteiger partial charge >= 0.3 is 5.97 Å². The average molecular weight is 305 g/mol. The van der Waals surface area contributed by atoms with Crippen molar-refractivity contribution in [1.82, 2.24) is 4.72 Å². The normalized spacial score (nSPS) is 23.5. The summed E-state index contributed by atoms with van der Waals surface area (Å²) in [5.41, 5.74) is 0. The summed E-state index contributed by atoms with van der Waals surface area (Å²) in [4.78, 5) is 10.9. The molecule has 118 valence electrons. The summed E-state index contributed by atoms with van der Waals surface area (Å²) in [6, 6.07) is 0.0752. The number of esters is 1. The van der Waals surface area contributed by atoms with Gasteiger partial charge in [0.2, 0.25) is 10.0 Å². The molecular formula is C14H27NO4S. The summed E-state index contributed by atoms with van der Waals surface area (Å²) in [7, 11) is -1.96. The molecule has 0 saturated heterocycles. The van der Waals surface area contributed by atoms with Crippen molar-refractivity contribution in [2.24, 2.45) is 5.92 Å². The standard InChI is InChI=1S/C14H27NO4S/c1-3-5-12-7-9-13(10-8-12)15-20(17,18)11-4-6-14(16)19-2/h12-13,15H,3-11H2,1-2H3. The van der Waals surface area contributed by atoms with E-state index in [4.69, 9.17) is 0 Å². The maximum atomic E-state index is 11.9. The molecule has 0 aromatic carbocycles. The fourth-order valence-corrected chi connectivity index (χ4v) is 4.18. The highest BCUT2D eigenvalue weighted by atomic mass is 32.2. The topological polar surface area (TPSA) is 72.5 Å². The van der Waals surface area contributed by atoms with Gasteiger partial charge in [-0.2, -0.15) is 0 Å². The minimum absolute atomic E-state index is 0.00299. The molecule has 6 heteroatoms. The molecule has 0 radical (unpaired) electrons. The number of sulfonamides is 1. The predicted octanol–water partition coefficient (Wildman–Crippen LogP) is 2.22. The first-order valence-corrected chi connectivity index (χ1v) is 9.19. The number of carbonyl (C=O) groups is 1. The van der Waals surface area contributed by atoms with Crippen molar-refractivity contribution in [3.8, 4) is 0 Å². The van der Waals surface area contributed by atoms with Gasteiger partial charge in [0.05, 0.1) is 12.9 Å². The Bertz CT molecular complexity index is 386. The molecule has 0 atom stereocenters. The van der Waals surface area contributed by atoms with Crippen molar-refractivity contribution in [3.05, 3.63) is 0 Å². The summed E-state index contributed by atoms with van der Waals surface area (Å²) in [6.07, 6.45) is 7.01. The predicted molar refractivity (Wildman–Crippen MR) is 78.8 cm³/mol. The molecule has 0 aliphatic heterocycles. The Kier molecular flexibility index (Phi) is 7.51. The van der Waals surface area contributed by atoms with Crippen LogP contribution in [0.1, 0.15) is 58.3 Å². The lowest BCUT2D eigenvalue weighted by Gasteiger charge is -2.28. The quantitative estimate of drug-likeness (QED) is 0.698. The van der Waals surface area contributed by atoms with E-state index in [1.54, 1.807) is 0 Å². The maximum absolute atomic E-state index is 11.9. The van der Waals surface area contributed by atoms with Gasteiger partial charge < -0.3 is 4.74 Å². The molecule has 1 aliphatic carbocycles. The molecule has 1 N–H and O–H groups in total.